The van der Waals surface area contributed by atoms with Gasteiger partial charge in [-0.1, -0.05) is 61.5 Å². The molecule has 29 heavy (non-hydrogen) atoms. The maximum Gasteiger partial charge on any atom is 0.127 e. The monoisotopic (exact) mass is 398 g/mol. The first-order valence-electron chi connectivity index (χ1n) is 10.5. The molecule has 0 atom stereocenters. The molecule has 1 N–H and O–H groups in total. The summed E-state index contributed by atoms with van der Waals surface area (Å²) >= 11 is 0. The highest BCUT2D eigenvalue weighted by molar-refractivity contribution is 5.76. The molecule has 0 aliphatic rings. The van der Waals surface area contributed by atoms with Crippen LogP contribution < -0.4 is 9.47 Å². The Labute approximate surface area is 177 Å². The number of aromatic hydroxyl groups is 1. The van der Waals surface area contributed by atoms with Gasteiger partial charge < -0.3 is 14.6 Å². The van der Waals surface area contributed by atoms with Gasteiger partial charge in [0.2, 0.25) is 0 Å². The number of methoxy groups -OCH3 is 2. The van der Waals surface area contributed by atoms with E-state index in [1.807, 2.05) is 18.2 Å². The molecule has 0 amide bonds. The number of rotatable bonds is 7. The van der Waals surface area contributed by atoms with Crippen molar-refractivity contribution in [1.29, 1.82) is 0 Å². The predicted octanol–water partition coefficient (Wildman–Crippen LogP) is 6.94. The van der Waals surface area contributed by atoms with E-state index >= 15 is 0 Å². The second kappa shape index (κ2) is 8.30. The van der Waals surface area contributed by atoms with E-state index in [4.69, 9.17) is 9.47 Å². The van der Waals surface area contributed by atoms with Gasteiger partial charge in [0.15, 0.2) is 0 Å². The highest BCUT2D eigenvalue weighted by atomic mass is 16.5. The summed E-state index contributed by atoms with van der Waals surface area (Å²) in [6.07, 6.45) is 0. The summed E-state index contributed by atoms with van der Waals surface area (Å²) in [5.41, 5.74) is 3.56. The number of hydrogen-bond acceptors (Lipinski definition) is 3. The second-order valence-corrected chi connectivity index (χ2v) is 9.77. The Morgan fingerprint density at radius 2 is 1.24 bits per heavy atom. The third kappa shape index (κ3) is 4.39. The maximum absolute atomic E-state index is 11.3. The summed E-state index contributed by atoms with van der Waals surface area (Å²) in [4.78, 5) is 0. The van der Waals surface area contributed by atoms with Crippen molar-refractivity contribution in [2.24, 2.45) is 11.8 Å². The summed E-state index contributed by atoms with van der Waals surface area (Å²) in [5, 5.41) is 11.3. The number of phenols is 1. The molecule has 0 aliphatic carbocycles. The molecule has 0 saturated carbocycles. The highest BCUT2D eigenvalue weighted by Crippen LogP contribution is 2.46. The van der Waals surface area contributed by atoms with Crippen molar-refractivity contribution in [3.05, 3.63) is 41.5 Å². The second-order valence-electron chi connectivity index (χ2n) is 9.77. The first kappa shape index (κ1) is 23.1. The zero-order chi connectivity index (χ0) is 22.1. The number of hydrogen-bond donors (Lipinski definition) is 1. The molecule has 0 unspecified atom stereocenters. The van der Waals surface area contributed by atoms with Crippen LogP contribution in [0.2, 0.25) is 0 Å². The molecule has 0 radical (unpaired) electrons. The fourth-order valence-electron chi connectivity index (χ4n) is 3.33. The summed E-state index contributed by atoms with van der Waals surface area (Å²) in [5.74, 6) is 2.66. The Hall–Kier alpha value is -2.16. The van der Waals surface area contributed by atoms with Gasteiger partial charge in [-0.2, -0.15) is 0 Å². The Morgan fingerprint density at radius 1 is 0.724 bits per heavy atom. The standard InChI is InChI=1S/C26H38O3/c1-16(2)25(5,6)19-11-18(12-20(13-19)28-9)22-14-21(29-10)15-23(24(22)27)26(7,8)17(3)4/h11-17,27H,1-10H3. The van der Waals surface area contributed by atoms with Crippen LogP contribution in [0.1, 0.15) is 66.5 Å². The smallest absolute Gasteiger partial charge is 0.127 e. The normalized spacial score (nSPS) is 12.6. The van der Waals surface area contributed by atoms with Crippen LogP contribution in [0.5, 0.6) is 17.2 Å². The molecular formula is C26H38O3. The molecular weight excluding hydrogens is 360 g/mol. The largest absolute Gasteiger partial charge is 0.507 e. The van der Waals surface area contributed by atoms with E-state index in [2.05, 4.69) is 67.5 Å². The van der Waals surface area contributed by atoms with Crippen LogP contribution in [0.15, 0.2) is 30.3 Å². The quantitative estimate of drug-likeness (QED) is 0.549. The van der Waals surface area contributed by atoms with Crippen LogP contribution in [-0.4, -0.2) is 19.3 Å². The first-order chi connectivity index (χ1) is 13.4. The first-order valence-corrected chi connectivity index (χ1v) is 10.5. The molecule has 0 fully saturated rings. The Kier molecular flexibility index (Phi) is 6.61. The summed E-state index contributed by atoms with van der Waals surface area (Å²) in [6.45, 7) is 17.6. The van der Waals surface area contributed by atoms with Crippen molar-refractivity contribution in [1.82, 2.24) is 0 Å². The average molecular weight is 399 g/mol. The van der Waals surface area contributed by atoms with Gasteiger partial charge in [-0.3, -0.25) is 0 Å². The van der Waals surface area contributed by atoms with Crippen molar-refractivity contribution < 1.29 is 14.6 Å². The van der Waals surface area contributed by atoms with Gasteiger partial charge in [-0.05, 0) is 58.1 Å². The minimum atomic E-state index is -0.202. The number of phenolic OH excluding ortho intramolecular Hbond substituents is 1. The summed E-state index contributed by atoms with van der Waals surface area (Å²) < 4.78 is 11.2. The maximum atomic E-state index is 11.3. The molecule has 0 heterocycles. The Bertz CT molecular complexity index is 860. The molecule has 3 heteroatoms. The fraction of sp³-hybridized carbons (Fsp3) is 0.538. The minimum absolute atomic E-state index is 0.0300. The van der Waals surface area contributed by atoms with E-state index in [-0.39, 0.29) is 10.8 Å². The molecule has 0 aromatic heterocycles. The van der Waals surface area contributed by atoms with Crippen molar-refractivity contribution >= 4 is 0 Å². The molecule has 2 aromatic rings. The van der Waals surface area contributed by atoms with E-state index in [1.54, 1.807) is 14.2 Å². The SMILES string of the molecule is COc1cc(-c2cc(OC)cc(C(C)(C)C(C)C)c2O)cc(C(C)(C)C(C)C)c1. The van der Waals surface area contributed by atoms with E-state index in [0.717, 1.165) is 28.2 Å². The molecule has 2 rings (SSSR count). The Morgan fingerprint density at radius 3 is 1.72 bits per heavy atom. The molecule has 160 valence electrons. The van der Waals surface area contributed by atoms with E-state index in [9.17, 15) is 5.11 Å². The molecule has 0 spiro atoms. The van der Waals surface area contributed by atoms with Gasteiger partial charge >= 0.3 is 0 Å². The van der Waals surface area contributed by atoms with Gasteiger partial charge in [-0.15, -0.1) is 0 Å². The zero-order valence-corrected chi connectivity index (χ0v) is 19.8. The number of benzene rings is 2. The summed E-state index contributed by atoms with van der Waals surface area (Å²) in [6, 6.07) is 10.1. The number of ether oxygens (including phenoxy) is 2. The average Bonchev–Trinajstić information content (AvgIpc) is 2.67. The lowest BCUT2D eigenvalue weighted by molar-refractivity contribution is 0.348. The minimum Gasteiger partial charge on any atom is -0.507 e. The molecule has 3 nitrogen and oxygen atoms in total. The van der Waals surface area contributed by atoms with E-state index in [0.29, 0.717) is 17.6 Å². The lowest BCUT2D eigenvalue weighted by Crippen LogP contribution is -2.25. The van der Waals surface area contributed by atoms with Crippen LogP contribution in [0.25, 0.3) is 11.1 Å². The van der Waals surface area contributed by atoms with Crippen LogP contribution >= 0.6 is 0 Å². The van der Waals surface area contributed by atoms with Crippen molar-refractivity contribution in [3.63, 3.8) is 0 Å². The predicted molar refractivity (Wildman–Crippen MR) is 122 cm³/mol. The molecule has 0 bridgehead atoms. The fourth-order valence-corrected chi connectivity index (χ4v) is 3.33. The Balaban J connectivity index is 2.81. The zero-order valence-electron chi connectivity index (χ0n) is 19.8. The third-order valence-electron chi connectivity index (χ3n) is 7.10. The van der Waals surface area contributed by atoms with Gasteiger partial charge in [0.05, 0.1) is 14.2 Å². The van der Waals surface area contributed by atoms with Gasteiger partial charge in [0, 0.05) is 11.1 Å². The van der Waals surface area contributed by atoms with Crippen molar-refractivity contribution in [2.45, 2.75) is 66.2 Å². The van der Waals surface area contributed by atoms with Gasteiger partial charge in [0.1, 0.15) is 17.2 Å². The van der Waals surface area contributed by atoms with Crippen LogP contribution in [0, 0.1) is 11.8 Å². The molecule has 0 aliphatic heterocycles. The lowest BCUT2D eigenvalue weighted by Gasteiger charge is -2.32. The van der Waals surface area contributed by atoms with E-state index in [1.165, 1.54) is 5.56 Å². The van der Waals surface area contributed by atoms with Crippen LogP contribution in [0.4, 0.5) is 0 Å². The topological polar surface area (TPSA) is 38.7 Å². The van der Waals surface area contributed by atoms with Gasteiger partial charge in [0.25, 0.3) is 0 Å². The highest BCUT2D eigenvalue weighted by Gasteiger charge is 2.31. The summed E-state index contributed by atoms with van der Waals surface area (Å²) in [7, 11) is 3.35. The third-order valence-corrected chi connectivity index (χ3v) is 7.10. The van der Waals surface area contributed by atoms with Gasteiger partial charge in [-0.25, -0.2) is 0 Å². The van der Waals surface area contributed by atoms with Crippen molar-refractivity contribution in [3.8, 4) is 28.4 Å². The van der Waals surface area contributed by atoms with E-state index < -0.39 is 0 Å². The van der Waals surface area contributed by atoms with Crippen LogP contribution in [-0.2, 0) is 10.8 Å². The molecule has 0 saturated heterocycles. The molecule has 2 aromatic carbocycles. The lowest BCUT2D eigenvalue weighted by atomic mass is 9.73. The van der Waals surface area contributed by atoms with Crippen molar-refractivity contribution in [2.75, 3.05) is 14.2 Å². The van der Waals surface area contributed by atoms with Crippen LogP contribution in [0.3, 0.4) is 0 Å².